The van der Waals surface area contributed by atoms with Gasteiger partial charge in [-0.1, -0.05) is 42.3 Å². The van der Waals surface area contributed by atoms with Crippen LogP contribution in [0.1, 0.15) is 39.7 Å². The summed E-state index contributed by atoms with van der Waals surface area (Å²) >= 11 is 12.2. The lowest BCUT2D eigenvalue weighted by atomic mass is 9.90. The number of halogens is 2. The molecule has 24 heavy (non-hydrogen) atoms. The highest BCUT2D eigenvalue weighted by Crippen LogP contribution is 2.25. The van der Waals surface area contributed by atoms with Gasteiger partial charge in [0.05, 0.1) is 16.0 Å². The topological polar surface area (TPSA) is 64.3 Å². The van der Waals surface area contributed by atoms with Crippen molar-refractivity contribution in [1.29, 1.82) is 0 Å². The molecule has 1 aromatic rings. The summed E-state index contributed by atoms with van der Waals surface area (Å²) in [5, 5.41) is 4.35. The van der Waals surface area contributed by atoms with Crippen LogP contribution in [-0.4, -0.2) is 24.7 Å². The summed E-state index contributed by atoms with van der Waals surface area (Å²) in [6.07, 6.45) is 0.767. The molecule has 0 fully saturated rings. The quantitative estimate of drug-likeness (QED) is 0.674. The average molecular weight is 375 g/mol. The van der Waals surface area contributed by atoms with Gasteiger partial charge in [0.1, 0.15) is 5.60 Å². The molecule has 2 unspecified atom stereocenters. The molecule has 0 saturated carbocycles. The van der Waals surface area contributed by atoms with E-state index in [1.165, 1.54) is 0 Å². The van der Waals surface area contributed by atoms with Gasteiger partial charge in [-0.2, -0.15) is 0 Å². The number of ether oxygens (including phenoxy) is 1. The number of carbonyl (C=O) groups excluding carboxylic acids is 1. The van der Waals surface area contributed by atoms with Gasteiger partial charge in [-0.3, -0.25) is 4.79 Å². The minimum atomic E-state index is -0.506. The van der Waals surface area contributed by atoms with Crippen molar-refractivity contribution < 1.29 is 9.53 Å². The summed E-state index contributed by atoms with van der Waals surface area (Å²) < 4.78 is 5.55. The first-order valence-corrected chi connectivity index (χ1v) is 8.98. The molecule has 4 nitrogen and oxygen atoms in total. The SMILES string of the molecule is CC(CCN)C(CNCc1cccc(Cl)c1Cl)C(=O)OC(C)(C)C. The van der Waals surface area contributed by atoms with Crippen molar-refractivity contribution in [2.75, 3.05) is 13.1 Å². The summed E-state index contributed by atoms with van der Waals surface area (Å²) in [7, 11) is 0. The maximum atomic E-state index is 12.5. The van der Waals surface area contributed by atoms with Gasteiger partial charge >= 0.3 is 5.97 Å². The molecule has 136 valence electrons. The maximum Gasteiger partial charge on any atom is 0.311 e. The molecule has 0 aromatic heterocycles. The van der Waals surface area contributed by atoms with Crippen molar-refractivity contribution in [3.8, 4) is 0 Å². The number of carbonyl (C=O) groups is 1. The predicted molar refractivity (Wildman–Crippen MR) is 100 cm³/mol. The van der Waals surface area contributed by atoms with Gasteiger partial charge in [-0.15, -0.1) is 0 Å². The Balaban J connectivity index is 2.71. The highest BCUT2D eigenvalue weighted by molar-refractivity contribution is 6.42. The van der Waals surface area contributed by atoms with Crippen molar-refractivity contribution in [3.05, 3.63) is 33.8 Å². The van der Waals surface area contributed by atoms with E-state index < -0.39 is 5.60 Å². The molecule has 1 aromatic carbocycles. The molecule has 6 heteroatoms. The van der Waals surface area contributed by atoms with E-state index in [0.29, 0.717) is 29.7 Å². The minimum absolute atomic E-state index is 0.132. The molecule has 0 spiro atoms. The lowest BCUT2D eigenvalue weighted by Gasteiger charge is -2.27. The van der Waals surface area contributed by atoms with E-state index in [9.17, 15) is 4.79 Å². The zero-order valence-corrected chi connectivity index (χ0v) is 16.4. The summed E-state index contributed by atoms with van der Waals surface area (Å²) in [5.74, 6) is -0.328. The summed E-state index contributed by atoms with van der Waals surface area (Å²) in [4.78, 5) is 12.5. The van der Waals surface area contributed by atoms with Gasteiger partial charge in [-0.05, 0) is 51.3 Å². The Morgan fingerprint density at radius 2 is 2.00 bits per heavy atom. The van der Waals surface area contributed by atoms with Crippen LogP contribution in [0.25, 0.3) is 0 Å². The van der Waals surface area contributed by atoms with Crippen LogP contribution in [0.2, 0.25) is 10.0 Å². The van der Waals surface area contributed by atoms with E-state index in [0.717, 1.165) is 12.0 Å². The predicted octanol–water partition coefficient (Wildman–Crippen LogP) is 4.03. The Morgan fingerprint density at radius 1 is 1.33 bits per heavy atom. The molecule has 0 radical (unpaired) electrons. The van der Waals surface area contributed by atoms with Crippen LogP contribution in [0.15, 0.2) is 18.2 Å². The van der Waals surface area contributed by atoms with Crippen LogP contribution in [0.3, 0.4) is 0 Å². The van der Waals surface area contributed by atoms with Gasteiger partial charge < -0.3 is 15.8 Å². The molecule has 0 amide bonds. The molecule has 0 heterocycles. The molecular formula is C18H28Cl2N2O2. The number of esters is 1. The summed E-state index contributed by atoms with van der Waals surface area (Å²) in [6, 6.07) is 5.51. The van der Waals surface area contributed by atoms with Crippen LogP contribution >= 0.6 is 23.2 Å². The molecule has 3 N–H and O–H groups in total. The molecule has 1 rings (SSSR count). The highest BCUT2D eigenvalue weighted by Gasteiger charge is 2.29. The molecule has 0 aliphatic carbocycles. The molecule has 0 aliphatic rings. The number of nitrogens with one attached hydrogen (secondary N) is 1. The number of hydrogen-bond acceptors (Lipinski definition) is 4. The van der Waals surface area contributed by atoms with E-state index in [1.54, 1.807) is 6.07 Å². The number of benzene rings is 1. The third-order valence-corrected chi connectivity index (χ3v) is 4.59. The largest absolute Gasteiger partial charge is 0.460 e. The van der Waals surface area contributed by atoms with E-state index in [4.69, 9.17) is 33.7 Å². The third-order valence-electron chi connectivity index (χ3n) is 3.73. The second-order valence-electron chi connectivity index (χ2n) is 7.04. The monoisotopic (exact) mass is 374 g/mol. The van der Waals surface area contributed by atoms with Crippen LogP contribution < -0.4 is 11.1 Å². The lowest BCUT2D eigenvalue weighted by molar-refractivity contribution is -0.161. The first-order valence-electron chi connectivity index (χ1n) is 8.22. The van der Waals surface area contributed by atoms with Crippen molar-refractivity contribution in [3.63, 3.8) is 0 Å². The first-order chi connectivity index (χ1) is 11.2. The fourth-order valence-electron chi connectivity index (χ4n) is 2.41. The zero-order valence-electron chi connectivity index (χ0n) is 14.9. The van der Waals surface area contributed by atoms with Gasteiger partial charge in [0.15, 0.2) is 0 Å². The number of rotatable bonds is 8. The Kier molecular flexibility index (Phi) is 8.51. The summed E-state index contributed by atoms with van der Waals surface area (Å²) in [6.45, 7) is 9.21. The third kappa shape index (κ3) is 6.98. The normalized spacial score (nSPS) is 14.3. The Hall–Kier alpha value is -0.810. The highest BCUT2D eigenvalue weighted by atomic mass is 35.5. The van der Waals surface area contributed by atoms with Gasteiger partial charge in [0.25, 0.3) is 0 Å². The van der Waals surface area contributed by atoms with Crippen LogP contribution in [0.5, 0.6) is 0 Å². The fourth-order valence-corrected chi connectivity index (χ4v) is 2.79. The minimum Gasteiger partial charge on any atom is -0.460 e. The summed E-state index contributed by atoms with van der Waals surface area (Å²) in [5.41, 5.74) is 6.04. The number of nitrogens with two attached hydrogens (primary N) is 1. The van der Waals surface area contributed by atoms with Gasteiger partial charge in [0, 0.05) is 13.1 Å². The lowest BCUT2D eigenvalue weighted by Crippen LogP contribution is -2.38. The van der Waals surface area contributed by atoms with Gasteiger partial charge in [-0.25, -0.2) is 0 Å². The Bertz CT molecular complexity index is 544. The van der Waals surface area contributed by atoms with E-state index in [1.807, 2.05) is 39.8 Å². The first kappa shape index (κ1) is 21.2. The van der Waals surface area contributed by atoms with Crippen LogP contribution in [-0.2, 0) is 16.1 Å². The molecular weight excluding hydrogens is 347 g/mol. The molecule has 0 bridgehead atoms. The Labute approximate surface area is 155 Å². The van der Waals surface area contributed by atoms with Crippen molar-refractivity contribution in [2.45, 2.75) is 46.3 Å². The second-order valence-corrected chi connectivity index (χ2v) is 7.82. The fraction of sp³-hybridized carbons (Fsp3) is 0.611. The second kappa shape index (κ2) is 9.62. The zero-order chi connectivity index (χ0) is 18.3. The van der Waals surface area contributed by atoms with Crippen molar-refractivity contribution >= 4 is 29.2 Å². The average Bonchev–Trinajstić information content (AvgIpc) is 2.46. The van der Waals surface area contributed by atoms with E-state index >= 15 is 0 Å². The van der Waals surface area contributed by atoms with Crippen LogP contribution in [0.4, 0.5) is 0 Å². The van der Waals surface area contributed by atoms with E-state index in [2.05, 4.69) is 5.32 Å². The molecule has 0 aliphatic heterocycles. The van der Waals surface area contributed by atoms with E-state index in [-0.39, 0.29) is 17.8 Å². The Morgan fingerprint density at radius 3 is 2.58 bits per heavy atom. The van der Waals surface area contributed by atoms with Crippen LogP contribution in [0, 0.1) is 11.8 Å². The van der Waals surface area contributed by atoms with Crippen molar-refractivity contribution in [2.24, 2.45) is 17.6 Å². The molecule has 0 saturated heterocycles. The standard InChI is InChI=1S/C18H28Cl2N2O2/c1-12(8-9-21)14(17(23)24-18(2,3)4)11-22-10-13-6-5-7-15(19)16(13)20/h5-7,12,14,22H,8-11,21H2,1-4H3. The van der Waals surface area contributed by atoms with Gasteiger partial charge in [0.2, 0.25) is 0 Å². The number of hydrogen-bond donors (Lipinski definition) is 2. The van der Waals surface area contributed by atoms with Crippen molar-refractivity contribution in [1.82, 2.24) is 5.32 Å². The maximum absolute atomic E-state index is 12.5. The molecule has 2 atom stereocenters. The smallest absolute Gasteiger partial charge is 0.311 e.